The molecule has 2 saturated heterocycles. The maximum Gasteiger partial charge on any atom is 0.253 e. The average Bonchev–Trinajstić information content (AvgIpc) is 3.11. The van der Waals surface area contributed by atoms with E-state index in [1.807, 2.05) is 0 Å². The average molecular weight is 336 g/mol. The molecule has 0 N–H and O–H groups in total. The van der Waals surface area contributed by atoms with Crippen LogP contribution < -0.4 is 4.90 Å². The molecule has 124 valence electrons. The number of carbonyl (C=O) groups excluding carboxylic acids is 2. The van der Waals surface area contributed by atoms with E-state index in [1.165, 1.54) is 4.90 Å². The highest BCUT2D eigenvalue weighted by atomic mass is 32.2. The Bertz CT molecular complexity index is 727. The van der Waals surface area contributed by atoms with Crippen molar-refractivity contribution in [1.29, 1.82) is 0 Å². The van der Waals surface area contributed by atoms with Crippen LogP contribution in [0, 0.1) is 0 Å². The molecule has 0 bridgehead atoms. The van der Waals surface area contributed by atoms with Gasteiger partial charge >= 0.3 is 0 Å². The highest BCUT2D eigenvalue weighted by molar-refractivity contribution is 7.91. The van der Waals surface area contributed by atoms with E-state index in [0.29, 0.717) is 24.9 Å². The number of carbonyl (C=O) groups is 2. The van der Waals surface area contributed by atoms with Crippen molar-refractivity contribution < 1.29 is 18.0 Å². The summed E-state index contributed by atoms with van der Waals surface area (Å²) in [5, 5.41) is 0. The fraction of sp³-hybridized carbons (Fsp3) is 0.500. The van der Waals surface area contributed by atoms with Crippen molar-refractivity contribution in [2.24, 2.45) is 0 Å². The molecule has 2 heterocycles. The van der Waals surface area contributed by atoms with Crippen LogP contribution >= 0.6 is 0 Å². The van der Waals surface area contributed by atoms with Crippen molar-refractivity contribution in [1.82, 2.24) is 4.90 Å². The topological polar surface area (TPSA) is 74.8 Å². The first-order chi connectivity index (χ1) is 10.9. The van der Waals surface area contributed by atoms with E-state index in [9.17, 15) is 18.0 Å². The summed E-state index contributed by atoms with van der Waals surface area (Å²) in [4.78, 5) is 27.5. The van der Waals surface area contributed by atoms with E-state index in [1.54, 1.807) is 36.2 Å². The Hall–Kier alpha value is -1.89. The third-order valence-electron chi connectivity index (χ3n) is 4.58. The molecule has 3 rings (SSSR count). The lowest BCUT2D eigenvalue weighted by molar-refractivity contribution is -0.117. The van der Waals surface area contributed by atoms with Crippen molar-refractivity contribution in [3.63, 3.8) is 0 Å². The van der Waals surface area contributed by atoms with Crippen LogP contribution in [0.5, 0.6) is 0 Å². The summed E-state index contributed by atoms with van der Waals surface area (Å²) in [5.41, 5.74) is 1.31. The van der Waals surface area contributed by atoms with Crippen LogP contribution in [0.1, 0.15) is 29.6 Å². The number of benzene rings is 1. The van der Waals surface area contributed by atoms with Gasteiger partial charge in [-0.15, -0.1) is 0 Å². The first-order valence-electron chi connectivity index (χ1n) is 7.75. The summed E-state index contributed by atoms with van der Waals surface area (Å²) in [5.74, 6) is 0.102. The van der Waals surface area contributed by atoms with Gasteiger partial charge in [0.2, 0.25) is 5.91 Å². The van der Waals surface area contributed by atoms with Crippen LogP contribution in [0.2, 0.25) is 0 Å². The van der Waals surface area contributed by atoms with Crippen LogP contribution in [0.25, 0.3) is 0 Å². The summed E-state index contributed by atoms with van der Waals surface area (Å²) in [7, 11) is -1.37. The fourth-order valence-corrected chi connectivity index (χ4v) is 4.93. The van der Waals surface area contributed by atoms with Gasteiger partial charge in [0, 0.05) is 37.3 Å². The molecule has 0 spiro atoms. The second-order valence-electron chi connectivity index (χ2n) is 6.17. The zero-order valence-electron chi connectivity index (χ0n) is 13.1. The standard InChI is InChI=1S/C16H20N2O4S/c1-17(14-8-10-23(21,22)11-14)16(20)12-4-6-13(7-5-12)18-9-2-3-15(18)19/h4-7,14H,2-3,8-11H2,1H3/t14-/m0/s1. The molecule has 0 radical (unpaired) electrons. The van der Waals surface area contributed by atoms with Gasteiger partial charge in [-0.05, 0) is 37.1 Å². The molecule has 1 aromatic rings. The molecule has 0 aromatic heterocycles. The smallest absolute Gasteiger partial charge is 0.253 e. The van der Waals surface area contributed by atoms with Gasteiger partial charge in [-0.2, -0.15) is 0 Å². The molecular formula is C16H20N2O4S. The quantitative estimate of drug-likeness (QED) is 0.827. The summed E-state index contributed by atoms with van der Waals surface area (Å²) in [6, 6.07) is 6.69. The lowest BCUT2D eigenvalue weighted by Gasteiger charge is -2.24. The van der Waals surface area contributed by atoms with Crippen LogP contribution in [-0.4, -0.2) is 56.3 Å². The van der Waals surface area contributed by atoms with E-state index in [0.717, 1.165) is 12.1 Å². The molecule has 2 amide bonds. The van der Waals surface area contributed by atoms with Crippen molar-refractivity contribution >= 4 is 27.3 Å². The minimum Gasteiger partial charge on any atom is -0.338 e. The predicted octanol–water partition coefficient (Wildman–Crippen LogP) is 1.07. The Morgan fingerprint density at radius 2 is 1.96 bits per heavy atom. The number of hydrogen-bond acceptors (Lipinski definition) is 4. The molecule has 1 aromatic carbocycles. The van der Waals surface area contributed by atoms with Crippen LogP contribution in [0.4, 0.5) is 5.69 Å². The van der Waals surface area contributed by atoms with E-state index in [2.05, 4.69) is 0 Å². The van der Waals surface area contributed by atoms with Gasteiger partial charge in [0.1, 0.15) is 0 Å². The van der Waals surface area contributed by atoms with Gasteiger partial charge < -0.3 is 9.80 Å². The number of hydrogen-bond donors (Lipinski definition) is 0. The summed E-state index contributed by atoms with van der Waals surface area (Å²) < 4.78 is 23.1. The van der Waals surface area contributed by atoms with E-state index < -0.39 is 9.84 Å². The van der Waals surface area contributed by atoms with Gasteiger partial charge in [-0.3, -0.25) is 9.59 Å². The number of nitrogens with zero attached hydrogens (tertiary/aromatic N) is 2. The van der Waals surface area contributed by atoms with Gasteiger partial charge in [0.25, 0.3) is 5.91 Å². The largest absolute Gasteiger partial charge is 0.338 e. The second kappa shape index (κ2) is 5.96. The third kappa shape index (κ3) is 3.24. The van der Waals surface area contributed by atoms with E-state index in [4.69, 9.17) is 0 Å². The van der Waals surface area contributed by atoms with E-state index >= 15 is 0 Å². The zero-order valence-corrected chi connectivity index (χ0v) is 13.9. The fourth-order valence-electron chi connectivity index (χ4n) is 3.16. The number of amides is 2. The molecule has 7 heteroatoms. The Morgan fingerprint density at radius 1 is 1.26 bits per heavy atom. The Labute approximate surface area is 136 Å². The van der Waals surface area contributed by atoms with Crippen LogP contribution in [-0.2, 0) is 14.6 Å². The van der Waals surface area contributed by atoms with Crippen LogP contribution in [0.3, 0.4) is 0 Å². The lowest BCUT2D eigenvalue weighted by Crippen LogP contribution is -2.37. The number of anilines is 1. The van der Waals surface area contributed by atoms with Crippen molar-refractivity contribution in [3.05, 3.63) is 29.8 Å². The minimum absolute atomic E-state index is 0.0373. The molecule has 6 nitrogen and oxygen atoms in total. The minimum atomic E-state index is -3.02. The Kier molecular flexibility index (Phi) is 4.14. The first kappa shape index (κ1) is 16.0. The maximum absolute atomic E-state index is 12.5. The van der Waals surface area contributed by atoms with Gasteiger partial charge in [0.15, 0.2) is 9.84 Å². The van der Waals surface area contributed by atoms with Crippen LogP contribution in [0.15, 0.2) is 24.3 Å². The SMILES string of the molecule is CN(C(=O)c1ccc(N2CCCC2=O)cc1)[C@H]1CCS(=O)(=O)C1. The summed E-state index contributed by atoms with van der Waals surface area (Å²) >= 11 is 0. The maximum atomic E-state index is 12.5. The molecule has 0 unspecified atom stereocenters. The molecule has 2 aliphatic heterocycles. The summed E-state index contributed by atoms with van der Waals surface area (Å²) in [6.07, 6.45) is 1.92. The Balaban J connectivity index is 1.71. The number of sulfone groups is 1. The van der Waals surface area contributed by atoms with Gasteiger partial charge in [-0.1, -0.05) is 0 Å². The normalized spacial score (nSPS) is 23.3. The van der Waals surface area contributed by atoms with Crippen molar-refractivity contribution in [2.45, 2.75) is 25.3 Å². The Morgan fingerprint density at radius 3 is 2.48 bits per heavy atom. The van der Waals surface area contributed by atoms with Gasteiger partial charge in [0.05, 0.1) is 11.5 Å². The second-order valence-corrected chi connectivity index (χ2v) is 8.40. The predicted molar refractivity (Wildman–Crippen MR) is 87.2 cm³/mol. The van der Waals surface area contributed by atoms with Crippen molar-refractivity contribution in [2.75, 3.05) is 30.0 Å². The van der Waals surface area contributed by atoms with E-state index in [-0.39, 0.29) is 29.4 Å². The van der Waals surface area contributed by atoms with Gasteiger partial charge in [-0.25, -0.2) is 8.42 Å². The molecular weight excluding hydrogens is 316 g/mol. The number of rotatable bonds is 3. The monoisotopic (exact) mass is 336 g/mol. The highest BCUT2D eigenvalue weighted by Gasteiger charge is 2.33. The molecule has 1 atom stereocenters. The molecule has 0 aliphatic carbocycles. The highest BCUT2D eigenvalue weighted by Crippen LogP contribution is 2.23. The zero-order chi connectivity index (χ0) is 16.6. The molecule has 0 saturated carbocycles. The lowest BCUT2D eigenvalue weighted by atomic mass is 10.1. The third-order valence-corrected chi connectivity index (χ3v) is 6.33. The molecule has 23 heavy (non-hydrogen) atoms. The first-order valence-corrected chi connectivity index (χ1v) is 9.57. The molecule has 2 aliphatic rings. The molecule has 2 fully saturated rings. The van der Waals surface area contributed by atoms with Crippen molar-refractivity contribution in [3.8, 4) is 0 Å². The summed E-state index contributed by atoms with van der Waals surface area (Å²) in [6.45, 7) is 0.714.